The minimum atomic E-state index is -0.645. The number of halogens is 2. The van der Waals surface area contributed by atoms with Crippen molar-refractivity contribution in [3.05, 3.63) is 105 Å². The maximum Gasteiger partial charge on any atom is 0.243 e. The van der Waals surface area contributed by atoms with Crippen LogP contribution in [-0.2, 0) is 29.0 Å². The third kappa shape index (κ3) is 7.11. The average molecular weight is 524 g/mol. The van der Waals surface area contributed by atoms with E-state index in [1.165, 1.54) is 0 Å². The van der Waals surface area contributed by atoms with Gasteiger partial charge >= 0.3 is 0 Å². The van der Waals surface area contributed by atoms with Crippen molar-refractivity contribution >= 4 is 35.0 Å². The third-order valence-corrected chi connectivity index (χ3v) is 7.39. The Bertz CT molecular complexity index is 1180. The summed E-state index contributed by atoms with van der Waals surface area (Å²) in [5, 5.41) is 4.20. The lowest BCUT2D eigenvalue weighted by molar-refractivity contribution is -0.141. The molecule has 0 saturated heterocycles. The SMILES string of the molecule is Cc1ccc(CN(C(=O)Cc2ccc(Cl)cc2Cl)[C@H](Cc2ccccc2)C(=O)NC2CCCC2)cc1. The Morgan fingerprint density at radius 3 is 2.31 bits per heavy atom. The van der Waals surface area contributed by atoms with Gasteiger partial charge < -0.3 is 10.2 Å². The number of nitrogens with one attached hydrogen (secondary N) is 1. The Morgan fingerprint density at radius 1 is 0.944 bits per heavy atom. The van der Waals surface area contributed by atoms with Gasteiger partial charge in [0.25, 0.3) is 0 Å². The lowest BCUT2D eigenvalue weighted by Gasteiger charge is -2.32. The molecular weight excluding hydrogens is 491 g/mol. The highest BCUT2D eigenvalue weighted by molar-refractivity contribution is 6.35. The van der Waals surface area contributed by atoms with Gasteiger partial charge in [-0.15, -0.1) is 0 Å². The zero-order chi connectivity index (χ0) is 25.5. The van der Waals surface area contributed by atoms with Gasteiger partial charge in [-0.2, -0.15) is 0 Å². The van der Waals surface area contributed by atoms with E-state index < -0.39 is 6.04 Å². The molecule has 3 aromatic carbocycles. The minimum absolute atomic E-state index is 0.0872. The zero-order valence-electron chi connectivity index (χ0n) is 20.6. The summed E-state index contributed by atoms with van der Waals surface area (Å²) in [6.07, 6.45) is 4.73. The second-order valence-corrected chi connectivity index (χ2v) is 10.5. The van der Waals surface area contributed by atoms with Crippen LogP contribution in [-0.4, -0.2) is 28.8 Å². The molecule has 188 valence electrons. The molecule has 36 heavy (non-hydrogen) atoms. The van der Waals surface area contributed by atoms with Gasteiger partial charge in [0.15, 0.2) is 0 Å². The van der Waals surface area contributed by atoms with Crippen molar-refractivity contribution in [2.75, 3.05) is 0 Å². The van der Waals surface area contributed by atoms with Gasteiger partial charge in [0, 0.05) is 29.1 Å². The highest BCUT2D eigenvalue weighted by atomic mass is 35.5. The number of hydrogen-bond donors (Lipinski definition) is 1. The molecule has 0 unspecified atom stereocenters. The zero-order valence-corrected chi connectivity index (χ0v) is 22.1. The van der Waals surface area contributed by atoms with Crippen LogP contribution in [0.2, 0.25) is 10.0 Å². The number of carbonyl (C=O) groups excluding carboxylic acids is 2. The molecule has 0 bridgehead atoms. The number of carbonyl (C=O) groups is 2. The molecule has 4 nitrogen and oxygen atoms in total. The normalized spacial score (nSPS) is 14.4. The highest BCUT2D eigenvalue weighted by Gasteiger charge is 2.32. The lowest BCUT2D eigenvalue weighted by atomic mass is 10.0. The molecular formula is C30H32Cl2N2O2. The maximum atomic E-state index is 13.8. The first kappa shape index (κ1) is 26.2. The number of aryl methyl sites for hydroxylation is 1. The van der Waals surface area contributed by atoms with Crippen LogP contribution in [0.25, 0.3) is 0 Å². The topological polar surface area (TPSA) is 49.4 Å². The van der Waals surface area contributed by atoms with Gasteiger partial charge in [0.2, 0.25) is 11.8 Å². The van der Waals surface area contributed by atoms with Crippen LogP contribution in [0.15, 0.2) is 72.8 Å². The Morgan fingerprint density at radius 2 is 1.64 bits per heavy atom. The largest absolute Gasteiger partial charge is 0.352 e. The monoisotopic (exact) mass is 522 g/mol. The Labute approximate surface area is 223 Å². The van der Waals surface area contributed by atoms with Crippen molar-refractivity contribution in [3.63, 3.8) is 0 Å². The van der Waals surface area contributed by atoms with Crippen molar-refractivity contribution in [2.24, 2.45) is 0 Å². The van der Waals surface area contributed by atoms with Gasteiger partial charge in [-0.25, -0.2) is 0 Å². The fourth-order valence-electron chi connectivity index (χ4n) is 4.74. The van der Waals surface area contributed by atoms with Gasteiger partial charge in [-0.05, 0) is 48.6 Å². The maximum absolute atomic E-state index is 13.8. The van der Waals surface area contributed by atoms with E-state index in [1.54, 1.807) is 23.1 Å². The quantitative estimate of drug-likeness (QED) is 0.346. The molecule has 1 aliphatic rings. The Kier molecular flexibility index (Phi) is 9.06. The molecule has 6 heteroatoms. The van der Waals surface area contributed by atoms with Gasteiger partial charge in [0.05, 0.1) is 6.42 Å². The van der Waals surface area contributed by atoms with Crippen molar-refractivity contribution in [2.45, 2.75) is 64.1 Å². The summed E-state index contributed by atoms with van der Waals surface area (Å²) in [6.45, 7) is 2.36. The highest BCUT2D eigenvalue weighted by Crippen LogP contribution is 2.24. The van der Waals surface area contributed by atoms with E-state index in [0.717, 1.165) is 42.4 Å². The van der Waals surface area contributed by atoms with Crippen molar-refractivity contribution in [1.29, 1.82) is 0 Å². The number of amides is 2. The van der Waals surface area contributed by atoms with Crippen LogP contribution in [0.5, 0.6) is 0 Å². The molecule has 0 aromatic heterocycles. The summed E-state index contributed by atoms with van der Waals surface area (Å²) < 4.78 is 0. The van der Waals surface area contributed by atoms with Crippen LogP contribution in [0, 0.1) is 6.92 Å². The molecule has 1 saturated carbocycles. The van der Waals surface area contributed by atoms with Crippen LogP contribution < -0.4 is 5.32 Å². The van der Waals surface area contributed by atoms with Crippen molar-refractivity contribution < 1.29 is 9.59 Å². The van der Waals surface area contributed by atoms with E-state index >= 15 is 0 Å². The second kappa shape index (κ2) is 12.4. The fraction of sp³-hybridized carbons (Fsp3) is 0.333. The predicted molar refractivity (Wildman–Crippen MR) is 146 cm³/mol. The molecule has 0 heterocycles. The fourth-order valence-corrected chi connectivity index (χ4v) is 5.22. The van der Waals surface area contributed by atoms with E-state index in [9.17, 15) is 9.59 Å². The van der Waals surface area contributed by atoms with Gasteiger partial charge in [-0.3, -0.25) is 9.59 Å². The van der Waals surface area contributed by atoms with Crippen LogP contribution >= 0.6 is 23.2 Å². The van der Waals surface area contributed by atoms with E-state index in [4.69, 9.17) is 23.2 Å². The first-order valence-corrected chi connectivity index (χ1v) is 13.3. The summed E-state index contributed by atoms with van der Waals surface area (Å²) >= 11 is 12.5. The number of rotatable bonds is 9. The summed E-state index contributed by atoms with van der Waals surface area (Å²) in [4.78, 5) is 29.3. The van der Waals surface area contributed by atoms with Crippen LogP contribution in [0.4, 0.5) is 0 Å². The van der Waals surface area contributed by atoms with E-state index in [1.807, 2.05) is 61.5 Å². The first-order chi connectivity index (χ1) is 17.4. The Hall–Kier alpha value is -2.82. The number of benzene rings is 3. The molecule has 0 spiro atoms. The number of hydrogen-bond acceptors (Lipinski definition) is 2. The first-order valence-electron chi connectivity index (χ1n) is 12.5. The lowest BCUT2D eigenvalue weighted by Crippen LogP contribution is -2.52. The smallest absolute Gasteiger partial charge is 0.243 e. The molecule has 3 aromatic rings. The molecule has 2 amide bonds. The molecule has 1 fully saturated rings. The van der Waals surface area contributed by atoms with Crippen LogP contribution in [0.3, 0.4) is 0 Å². The van der Waals surface area contributed by atoms with E-state index in [-0.39, 0.29) is 24.3 Å². The summed E-state index contributed by atoms with van der Waals surface area (Å²) in [6, 6.07) is 22.6. The molecule has 1 aliphatic carbocycles. The van der Waals surface area contributed by atoms with Crippen LogP contribution in [0.1, 0.15) is 47.9 Å². The second-order valence-electron chi connectivity index (χ2n) is 9.62. The Balaban J connectivity index is 1.66. The third-order valence-electron chi connectivity index (χ3n) is 6.80. The summed E-state index contributed by atoms with van der Waals surface area (Å²) in [5.74, 6) is -0.254. The average Bonchev–Trinajstić information content (AvgIpc) is 3.38. The molecule has 0 radical (unpaired) electrons. The van der Waals surface area contributed by atoms with Crippen molar-refractivity contribution in [3.8, 4) is 0 Å². The minimum Gasteiger partial charge on any atom is -0.352 e. The van der Waals surface area contributed by atoms with Gasteiger partial charge in [-0.1, -0.05) is 102 Å². The number of nitrogens with zero attached hydrogens (tertiary/aromatic N) is 1. The van der Waals surface area contributed by atoms with Gasteiger partial charge in [0.1, 0.15) is 6.04 Å². The van der Waals surface area contributed by atoms with Crippen molar-refractivity contribution in [1.82, 2.24) is 10.2 Å². The molecule has 1 atom stereocenters. The molecule has 0 aliphatic heterocycles. The molecule has 1 N–H and O–H groups in total. The predicted octanol–water partition coefficient (Wildman–Crippen LogP) is 6.54. The summed E-state index contributed by atoms with van der Waals surface area (Å²) in [5.41, 5.74) is 3.82. The summed E-state index contributed by atoms with van der Waals surface area (Å²) in [7, 11) is 0. The van der Waals surface area contributed by atoms with E-state index in [2.05, 4.69) is 5.32 Å². The van der Waals surface area contributed by atoms with E-state index in [0.29, 0.717) is 28.6 Å². The molecule has 4 rings (SSSR count). The standard InChI is InChI=1S/C30H32Cl2N2O2/c1-21-11-13-23(14-12-21)20-34(29(35)18-24-15-16-25(31)19-27(24)32)28(17-22-7-3-2-4-8-22)30(36)33-26-9-5-6-10-26/h2-4,7-8,11-16,19,26,28H,5-6,9-10,17-18,20H2,1H3,(H,33,36)/t28-/m1/s1.